The molecule has 8 nitrogen and oxygen atoms in total. The van der Waals surface area contributed by atoms with Gasteiger partial charge in [0, 0.05) is 19.8 Å². The summed E-state index contributed by atoms with van der Waals surface area (Å²) in [5.74, 6) is -0.439. The fourth-order valence-electron chi connectivity index (χ4n) is 3.62. The van der Waals surface area contributed by atoms with Crippen LogP contribution >= 0.6 is 0 Å². The molecule has 1 saturated heterocycles. The second kappa shape index (κ2) is 10.8. The molecular weight excluding hydrogens is 410 g/mol. The van der Waals surface area contributed by atoms with Crippen molar-refractivity contribution in [1.82, 2.24) is 10.6 Å². The van der Waals surface area contributed by atoms with Crippen LogP contribution in [0.3, 0.4) is 0 Å². The smallest absolute Gasteiger partial charge is 0.335 e. The normalized spacial score (nSPS) is 15.9. The minimum Gasteiger partial charge on any atom is -0.492 e. The Bertz CT molecular complexity index is 961. The number of carboxylic acid groups (broad SMARTS) is 1. The monoisotopic (exact) mass is 437 g/mol. The van der Waals surface area contributed by atoms with Crippen LogP contribution in [0.4, 0.5) is 0 Å². The van der Waals surface area contributed by atoms with E-state index in [0.29, 0.717) is 50.5 Å². The van der Waals surface area contributed by atoms with Crippen molar-refractivity contribution in [3.05, 3.63) is 65.2 Å². The molecule has 8 heteroatoms. The lowest BCUT2D eigenvalue weighted by atomic mass is 9.88. The summed E-state index contributed by atoms with van der Waals surface area (Å²) >= 11 is 0. The van der Waals surface area contributed by atoms with Crippen molar-refractivity contribution in [2.24, 2.45) is 0 Å². The molecule has 0 saturated carbocycles. The number of hydrogen-bond acceptors (Lipinski definition) is 6. The number of aromatic carboxylic acids is 1. The van der Waals surface area contributed by atoms with Crippen molar-refractivity contribution < 1.29 is 24.2 Å². The number of carbonyl (C=O) groups excluding carboxylic acids is 1. The fraction of sp³-hybridized carbons (Fsp3) is 0.375. The molecule has 168 valence electrons. The molecule has 1 unspecified atom stereocenters. The maximum Gasteiger partial charge on any atom is 0.335 e. The summed E-state index contributed by atoms with van der Waals surface area (Å²) in [7, 11) is 0. The van der Waals surface area contributed by atoms with E-state index in [1.165, 1.54) is 12.1 Å². The van der Waals surface area contributed by atoms with E-state index < -0.39 is 11.5 Å². The lowest BCUT2D eigenvalue weighted by Gasteiger charge is -2.37. The van der Waals surface area contributed by atoms with E-state index >= 15 is 0 Å². The Labute approximate surface area is 187 Å². The molecule has 0 radical (unpaired) electrons. The Hall–Kier alpha value is -3.41. The van der Waals surface area contributed by atoms with Crippen LogP contribution in [0.5, 0.6) is 5.75 Å². The van der Waals surface area contributed by atoms with Gasteiger partial charge in [-0.15, -0.1) is 0 Å². The lowest BCUT2D eigenvalue weighted by Crippen LogP contribution is -2.60. The highest BCUT2D eigenvalue weighted by Gasteiger charge is 2.40. The molecule has 1 amide bonds. The van der Waals surface area contributed by atoms with Crippen molar-refractivity contribution in [3.63, 3.8) is 0 Å². The predicted octanol–water partition coefficient (Wildman–Crippen LogP) is 2.65. The lowest BCUT2D eigenvalue weighted by molar-refractivity contribution is -0.132. The zero-order chi connectivity index (χ0) is 23.0. The van der Waals surface area contributed by atoms with Gasteiger partial charge >= 0.3 is 5.97 Å². The van der Waals surface area contributed by atoms with Crippen LogP contribution in [0.15, 0.2) is 48.5 Å². The van der Waals surface area contributed by atoms with Gasteiger partial charge in [-0.1, -0.05) is 12.1 Å². The highest BCUT2D eigenvalue weighted by Crippen LogP contribution is 2.23. The largest absolute Gasteiger partial charge is 0.492 e. The van der Waals surface area contributed by atoms with Crippen molar-refractivity contribution in [1.29, 1.82) is 5.26 Å². The van der Waals surface area contributed by atoms with Gasteiger partial charge in [0.2, 0.25) is 5.91 Å². The van der Waals surface area contributed by atoms with Gasteiger partial charge in [-0.05, 0) is 61.7 Å². The minimum atomic E-state index is -0.984. The molecule has 0 aromatic heterocycles. The second-order valence-electron chi connectivity index (χ2n) is 7.73. The van der Waals surface area contributed by atoms with Crippen LogP contribution in [0.2, 0.25) is 0 Å². The first-order valence-corrected chi connectivity index (χ1v) is 10.5. The number of ether oxygens (including phenoxy) is 2. The van der Waals surface area contributed by atoms with Gasteiger partial charge in [0.1, 0.15) is 17.9 Å². The number of nitrogens with zero attached hydrogens (tertiary/aromatic N) is 1. The summed E-state index contributed by atoms with van der Waals surface area (Å²) in [5.41, 5.74) is 0.841. The molecule has 32 heavy (non-hydrogen) atoms. The van der Waals surface area contributed by atoms with Crippen LogP contribution in [0.25, 0.3) is 0 Å². The number of hydrogen-bond donors (Lipinski definition) is 3. The molecule has 0 aliphatic carbocycles. The van der Waals surface area contributed by atoms with Crippen molar-refractivity contribution in [2.45, 2.75) is 31.3 Å². The van der Waals surface area contributed by atoms with Crippen molar-refractivity contribution >= 4 is 11.9 Å². The Morgan fingerprint density at radius 1 is 1.16 bits per heavy atom. The first kappa shape index (κ1) is 23.3. The van der Waals surface area contributed by atoms with Crippen LogP contribution < -0.4 is 15.4 Å². The first-order chi connectivity index (χ1) is 15.4. The van der Waals surface area contributed by atoms with Gasteiger partial charge < -0.3 is 19.9 Å². The van der Waals surface area contributed by atoms with E-state index in [4.69, 9.17) is 19.8 Å². The van der Waals surface area contributed by atoms with E-state index in [1.54, 1.807) is 36.4 Å². The van der Waals surface area contributed by atoms with Crippen molar-refractivity contribution in [3.8, 4) is 11.8 Å². The molecule has 2 aromatic carbocycles. The molecule has 1 heterocycles. The Morgan fingerprint density at radius 2 is 1.81 bits per heavy atom. The molecule has 0 spiro atoms. The number of carboxylic acids is 1. The van der Waals surface area contributed by atoms with Gasteiger partial charge in [-0.3, -0.25) is 10.1 Å². The van der Waals surface area contributed by atoms with E-state index in [9.17, 15) is 9.59 Å². The van der Waals surface area contributed by atoms with E-state index in [2.05, 4.69) is 16.7 Å². The SMILES string of the molecule is CC(NC(=O)C1(NCCOc2ccc(C#N)cc2)CCOCC1)c1ccc(C(=O)O)cc1. The minimum absolute atomic E-state index is 0.117. The third kappa shape index (κ3) is 5.84. The average Bonchev–Trinajstić information content (AvgIpc) is 2.82. The molecule has 1 aliphatic heterocycles. The number of benzene rings is 2. The molecule has 3 rings (SSSR count). The van der Waals surface area contributed by atoms with Crippen LogP contribution in [-0.4, -0.2) is 48.9 Å². The zero-order valence-corrected chi connectivity index (χ0v) is 18.0. The standard InChI is InChI=1S/C24H27N3O5/c1-17(19-4-6-20(7-5-19)22(28)29)27-23(30)24(10-13-31-14-11-24)26-12-15-32-21-8-2-18(16-25)3-9-21/h2-9,17,26H,10-15H2,1H3,(H,27,30)(H,28,29). The molecule has 3 N–H and O–H groups in total. The van der Waals surface area contributed by atoms with Gasteiger partial charge in [-0.25, -0.2) is 4.79 Å². The van der Waals surface area contributed by atoms with E-state index in [-0.39, 0.29) is 17.5 Å². The zero-order valence-electron chi connectivity index (χ0n) is 18.0. The summed E-state index contributed by atoms with van der Waals surface area (Å²) in [4.78, 5) is 24.3. The Morgan fingerprint density at radius 3 is 2.41 bits per heavy atom. The Kier molecular flexibility index (Phi) is 7.82. The summed E-state index contributed by atoms with van der Waals surface area (Å²) in [6, 6.07) is 15.2. The Balaban J connectivity index is 1.58. The van der Waals surface area contributed by atoms with E-state index in [1.807, 2.05) is 6.92 Å². The predicted molar refractivity (Wildman–Crippen MR) is 117 cm³/mol. The average molecular weight is 437 g/mol. The molecule has 1 aliphatic rings. The van der Waals surface area contributed by atoms with Gasteiger partial charge in [0.15, 0.2) is 0 Å². The van der Waals surface area contributed by atoms with E-state index in [0.717, 1.165) is 5.56 Å². The van der Waals surface area contributed by atoms with Crippen LogP contribution in [0, 0.1) is 11.3 Å². The van der Waals surface area contributed by atoms with Crippen molar-refractivity contribution in [2.75, 3.05) is 26.4 Å². The highest BCUT2D eigenvalue weighted by molar-refractivity contribution is 5.88. The molecule has 2 aromatic rings. The molecule has 1 fully saturated rings. The summed E-state index contributed by atoms with van der Waals surface area (Å²) in [6.45, 7) is 3.68. The number of nitrogens with one attached hydrogen (secondary N) is 2. The quantitative estimate of drug-likeness (QED) is 0.516. The fourth-order valence-corrected chi connectivity index (χ4v) is 3.62. The number of amides is 1. The van der Waals surface area contributed by atoms with Crippen LogP contribution in [-0.2, 0) is 9.53 Å². The summed E-state index contributed by atoms with van der Waals surface area (Å²) in [5, 5.41) is 24.3. The topological polar surface area (TPSA) is 121 Å². The van der Waals surface area contributed by atoms with Gasteiger partial charge in [0.05, 0.1) is 23.2 Å². The maximum atomic E-state index is 13.2. The number of nitriles is 1. The van der Waals surface area contributed by atoms with Gasteiger partial charge in [-0.2, -0.15) is 5.26 Å². The summed E-state index contributed by atoms with van der Waals surface area (Å²) in [6.07, 6.45) is 1.08. The molecular formula is C24H27N3O5. The third-order valence-corrected chi connectivity index (χ3v) is 5.60. The summed E-state index contributed by atoms with van der Waals surface area (Å²) < 4.78 is 11.2. The molecule has 0 bridgehead atoms. The van der Waals surface area contributed by atoms with Crippen LogP contribution in [0.1, 0.15) is 47.3 Å². The first-order valence-electron chi connectivity index (χ1n) is 10.5. The third-order valence-electron chi connectivity index (χ3n) is 5.60. The number of rotatable bonds is 9. The highest BCUT2D eigenvalue weighted by atomic mass is 16.5. The molecule has 1 atom stereocenters. The second-order valence-corrected chi connectivity index (χ2v) is 7.73. The maximum absolute atomic E-state index is 13.2. The van der Waals surface area contributed by atoms with Gasteiger partial charge in [0.25, 0.3) is 0 Å². The number of carbonyl (C=O) groups is 2.